The standard InChI is InChI=1S/C19H14ClN3O2S/c1-12-16(21-17(24-12)13-6-3-2-4-7-13)11-26-19-23-22-18(25-19)14-8-5-9-15(20)10-14/h2-10H,11H2,1H3. The Morgan fingerprint density at radius 1 is 0.923 bits per heavy atom. The van der Waals surface area contributed by atoms with E-state index in [1.807, 2.05) is 49.4 Å². The number of thioether (sulfide) groups is 1. The number of aromatic nitrogens is 3. The minimum atomic E-state index is 0.442. The molecule has 0 bridgehead atoms. The summed E-state index contributed by atoms with van der Waals surface area (Å²) in [5, 5.41) is 9.25. The second-order valence-electron chi connectivity index (χ2n) is 5.56. The second-order valence-corrected chi connectivity index (χ2v) is 6.92. The van der Waals surface area contributed by atoms with E-state index >= 15 is 0 Å². The zero-order chi connectivity index (χ0) is 17.9. The van der Waals surface area contributed by atoms with Gasteiger partial charge >= 0.3 is 0 Å². The summed E-state index contributed by atoms with van der Waals surface area (Å²) in [4.78, 5) is 4.58. The minimum Gasteiger partial charge on any atom is -0.441 e. The molecule has 2 aromatic carbocycles. The highest BCUT2D eigenvalue weighted by molar-refractivity contribution is 7.98. The van der Waals surface area contributed by atoms with Gasteiger partial charge in [-0.2, -0.15) is 0 Å². The molecular weight excluding hydrogens is 370 g/mol. The van der Waals surface area contributed by atoms with E-state index in [9.17, 15) is 0 Å². The minimum absolute atomic E-state index is 0.442. The average Bonchev–Trinajstić information content (AvgIpc) is 3.27. The summed E-state index contributed by atoms with van der Waals surface area (Å²) < 4.78 is 11.5. The number of rotatable bonds is 5. The summed E-state index contributed by atoms with van der Waals surface area (Å²) >= 11 is 7.42. The number of nitrogens with zero attached hydrogens (tertiary/aromatic N) is 3. The van der Waals surface area contributed by atoms with Crippen LogP contribution in [-0.4, -0.2) is 15.2 Å². The van der Waals surface area contributed by atoms with Crippen molar-refractivity contribution in [3.63, 3.8) is 0 Å². The number of oxazole rings is 1. The van der Waals surface area contributed by atoms with Gasteiger partial charge in [-0.25, -0.2) is 4.98 Å². The van der Waals surface area contributed by atoms with Crippen LogP contribution in [0, 0.1) is 6.92 Å². The maximum atomic E-state index is 6.00. The lowest BCUT2D eigenvalue weighted by Gasteiger charge is -1.95. The molecule has 0 aliphatic rings. The molecule has 0 fully saturated rings. The van der Waals surface area contributed by atoms with Crippen molar-refractivity contribution < 1.29 is 8.83 Å². The zero-order valence-electron chi connectivity index (χ0n) is 13.8. The van der Waals surface area contributed by atoms with Crippen LogP contribution < -0.4 is 0 Å². The Balaban J connectivity index is 1.47. The Morgan fingerprint density at radius 2 is 1.73 bits per heavy atom. The largest absolute Gasteiger partial charge is 0.441 e. The maximum absolute atomic E-state index is 6.00. The number of benzene rings is 2. The molecular formula is C19H14ClN3O2S. The topological polar surface area (TPSA) is 65.0 Å². The van der Waals surface area contributed by atoms with Crippen LogP contribution in [0.2, 0.25) is 5.02 Å². The van der Waals surface area contributed by atoms with Crippen LogP contribution in [0.5, 0.6) is 0 Å². The van der Waals surface area contributed by atoms with Crippen LogP contribution in [-0.2, 0) is 5.75 Å². The summed E-state index contributed by atoms with van der Waals surface area (Å²) in [5.41, 5.74) is 2.60. The molecule has 0 aliphatic carbocycles. The van der Waals surface area contributed by atoms with Crippen molar-refractivity contribution in [3.05, 3.63) is 71.1 Å². The molecule has 0 amide bonds. The van der Waals surface area contributed by atoms with E-state index in [2.05, 4.69) is 15.2 Å². The summed E-state index contributed by atoms with van der Waals surface area (Å²) in [6.07, 6.45) is 0. The van der Waals surface area contributed by atoms with Crippen molar-refractivity contribution in [2.45, 2.75) is 17.9 Å². The third kappa shape index (κ3) is 3.66. The summed E-state index contributed by atoms with van der Waals surface area (Å²) in [6.45, 7) is 1.90. The van der Waals surface area contributed by atoms with Gasteiger partial charge in [0.1, 0.15) is 5.76 Å². The number of halogens is 1. The van der Waals surface area contributed by atoms with Crippen molar-refractivity contribution in [2.75, 3.05) is 0 Å². The molecule has 26 heavy (non-hydrogen) atoms. The predicted molar refractivity (Wildman–Crippen MR) is 101 cm³/mol. The third-order valence-electron chi connectivity index (χ3n) is 3.72. The van der Waals surface area contributed by atoms with Crippen LogP contribution in [0.4, 0.5) is 0 Å². The first-order valence-electron chi connectivity index (χ1n) is 7.93. The van der Waals surface area contributed by atoms with E-state index in [0.717, 1.165) is 22.6 Å². The van der Waals surface area contributed by atoms with Gasteiger partial charge in [0.25, 0.3) is 5.22 Å². The van der Waals surface area contributed by atoms with Gasteiger partial charge in [0.15, 0.2) is 0 Å². The van der Waals surface area contributed by atoms with E-state index in [4.69, 9.17) is 20.4 Å². The molecule has 0 atom stereocenters. The third-order valence-corrected chi connectivity index (χ3v) is 4.79. The first-order chi connectivity index (χ1) is 12.7. The number of hydrogen-bond acceptors (Lipinski definition) is 6. The van der Waals surface area contributed by atoms with Crippen molar-refractivity contribution in [2.24, 2.45) is 0 Å². The Kier molecular flexibility index (Phi) is 4.77. The molecule has 5 nitrogen and oxygen atoms in total. The zero-order valence-corrected chi connectivity index (χ0v) is 15.4. The second kappa shape index (κ2) is 7.35. The molecule has 7 heteroatoms. The van der Waals surface area contributed by atoms with Crippen molar-refractivity contribution in [3.8, 4) is 22.9 Å². The molecule has 0 radical (unpaired) electrons. The van der Waals surface area contributed by atoms with Crippen molar-refractivity contribution in [1.29, 1.82) is 0 Å². The predicted octanol–water partition coefficient (Wildman–Crippen LogP) is 5.65. The smallest absolute Gasteiger partial charge is 0.277 e. The maximum Gasteiger partial charge on any atom is 0.277 e. The van der Waals surface area contributed by atoms with Gasteiger partial charge in [0.2, 0.25) is 11.8 Å². The number of hydrogen-bond donors (Lipinski definition) is 0. The highest BCUT2D eigenvalue weighted by Crippen LogP contribution is 2.29. The normalized spacial score (nSPS) is 11.0. The van der Waals surface area contributed by atoms with Gasteiger partial charge in [-0.1, -0.05) is 47.6 Å². The monoisotopic (exact) mass is 383 g/mol. The molecule has 0 N–H and O–H groups in total. The number of aryl methyl sites for hydroxylation is 1. The van der Waals surface area contributed by atoms with Crippen LogP contribution in [0.3, 0.4) is 0 Å². The van der Waals surface area contributed by atoms with Crippen molar-refractivity contribution in [1.82, 2.24) is 15.2 Å². The SMILES string of the molecule is Cc1oc(-c2ccccc2)nc1CSc1nnc(-c2cccc(Cl)c2)o1. The molecule has 0 spiro atoms. The molecule has 0 unspecified atom stereocenters. The van der Waals surface area contributed by atoms with Crippen molar-refractivity contribution >= 4 is 23.4 Å². The Bertz CT molecular complexity index is 1030. The molecule has 2 heterocycles. The Labute approximate surface area is 159 Å². The lowest BCUT2D eigenvalue weighted by atomic mass is 10.2. The highest BCUT2D eigenvalue weighted by atomic mass is 35.5. The molecule has 4 aromatic rings. The fraction of sp³-hybridized carbons (Fsp3) is 0.105. The van der Waals surface area contributed by atoms with E-state index in [0.29, 0.717) is 27.8 Å². The van der Waals surface area contributed by atoms with Crippen LogP contribution in [0.25, 0.3) is 22.9 Å². The summed E-state index contributed by atoms with van der Waals surface area (Å²) in [6, 6.07) is 17.1. The lowest BCUT2D eigenvalue weighted by Crippen LogP contribution is -1.84. The van der Waals surface area contributed by atoms with Crippen LogP contribution in [0.1, 0.15) is 11.5 Å². The van der Waals surface area contributed by atoms with Gasteiger partial charge in [0.05, 0.1) is 5.69 Å². The fourth-order valence-corrected chi connectivity index (χ4v) is 3.36. The fourth-order valence-electron chi connectivity index (χ4n) is 2.40. The molecule has 4 rings (SSSR count). The van der Waals surface area contributed by atoms with E-state index in [1.165, 1.54) is 11.8 Å². The average molecular weight is 384 g/mol. The highest BCUT2D eigenvalue weighted by Gasteiger charge is 2.14. The van der Waals surface area contributed by atoms with Crippen LogP contribution >= 0.6 is 23.4 Å². The lowest BCUT2D eigenvalue weighted by molar-refractivity contribution is 0.465. The Morgan fingerprint density at radius 3 is 2.54 bits per heavy atom. The van der Waals surface area contributed by atoms with E-state index in [-0.39, 0.29) is 0 Å². The summed E-state index contributed by atoms with van der Waals surface area (Å²) in [5.74, 6) is 2.42. The van der Waals surface area contributed by atoms with E-state index < -0.39 is 0 Å². The molecule has 2 aromatic heterocycles. The molecule has 130 valence electrons. The van der Waals surface area contributed by atoms with Crippen LogP contribution in [0.15, 0.2) is 68.7 Å². The van der Waals surface area contributed by atoms with Gasteiger partial charge in [-0.3, -0.25) is 0 Å². The first kappa shape index (κ1) is 16.9. The quantitative estimate of drug-likeness (QED) is 0.415. The molecule has 0 aliphatic heterocycles. The van der Waals surface area contributed by atoms with Gasteiger partial charge in [-0.15, -0.1) is 10.2 Å². The first-order valence-corrected chi connectivity index (χ1v) is 9.29. The summed E-state index contributed by atoms with van der Waals surface area (Å²) in [7, 11) is 0. The van der Waals surface area contributed by atoms with Gasteiger partial charge in [0, 0.05) is 21.9 Å². The van der Waals surface area contributed by atoms with Gasteiger partial charge in [-0.05, 0) is 37.3 Å². The molecule has 0 saturated heterocycles. The Hall–Kier alpha value is -2.57. The van der Waals surface area contributed by atoms with E-state index in [1.54, 1.807) is 12.1 Å². The molecule has 0 saturated carbocycles. The van der Waals surface area contributed by atoms with Gasteiger partial charge < -0.3 is 8.83 Å².